The SMILES string of the molecule is Cc1c(C)c(CBr)c(C)c(CBr)c1C. The number of hydrogen-bond acceptors (Lipinski definition) is 0. The van der Waals surface area contributed by atoms with Crippen molar-refractivity contribution in [1.82, 2.24) is 0 Å². The van der Waals surface area contributed by atoms with Gasteiger partial charge in [-0.15, -0.1) is 0 Å². The minimum absolute atomic E-state index is 0.950. The molecule has 0 heterocycles. The smallest absolute Gasteiger partial charge is 0.0288 e. The van der Waals surface area contributed by atoms with Crippen LogP contribution in [0.4, 0.5) is 0 Å². The molecule has 0 aromatic heterocycles. The zero-order chi connectivity index (χ0) is 10.9. The summed E-state index contributed by atoms with van der Waals surface area (Å²) in [6.45, 7) is 8.85. The summed E-state index contributed by atoms with van der Waals surface area (Å²) in [7, 11) is 0. The van der Waals surface area contributed by atoms with E-state index in [2.05, 4.69) is 59.6 Å². The second-order valence-electron chi connectivity index (χ2n) is 3.72. The standard InChI is InChI=1S/C12H16Br2/c1-7-8(2)11(5-13)10(4)12(6-14)9(7)3/h5-6H2,1-4H3. The normalized spacial score (nSPS) is 10.7. The predicted molar refractivity (Wildman–Crippen MR) is 70.7 cm³/mol. The highest BCUT2D eigenvalue weighted by Crippen LogP contribution is 2.29. The molecule has 1 rings (SSSR count). The van der Waals surface area contributed by atoms with E-state index in [1.54, 1.807) is 0 Å². The molecule has 0 spiro atoms. The number of hydrogen-bond donors (Lipinski definition) is 0. The minimum atomic E-state index is 0.950. The quantitative estimate of drug-likeness (QED) is 0.692. The molecule has 1 aromatic rings. The lowest BCUT2D eigenvalue weighted by Crippen LogP contribution is -2.02. The van der Waals surface area contributed by atoms with Crippen molar-refractivity contribution in [3.05, 3.63) is 33.4 Å². The van der Waals surface area contributed by atoms with Gasteiger partial charge < -0.3 is 0 Å². The van der Waals surface area contributed by atoms with Gasteiger partial charge in [-0.2, -0.15) is 0 Å². The van der Waals surface area contributed by atoms with Crippen molar-refractivity contribution in [2.45, 2.75) is 38.4 Å². The molecule has 0 fully saturated rings. The third-order valence-corrected chi connectivity index (χ3v) is 4.32. The second kappa shape index (κ2) is 4.80. The molecule has 1 aromatic carbocycles. The van der Waals surface area contributed by atoms with Crippen LogP contribution in [-0.2, 0) is 10.7 Å². The maximum atomic E-state index is 3.57. The average Bonchev–Trinajstić information content (AvgIpc) is 2.16. The van der Waals surface area contributed by atoms with E-state index in [-0.39, 0.29) is 0 Å². The molecular formula is C12H16Br2. The maximum Gasteiger partial charge on any atom is 0.0288 e. The average molecular weight is 320 g/mol. The van der Waals surface area contributed by atoms with Crippen molar-refractivity contribution in [3.63, 3.8) is 0 Å². The van der Waals surface area contributed by atoms with Gasteiger partial charge >= 0.3 is 0 Å². The highest BCUT2D eigenvalue weighted by atomic mass is 79.9. The summed E-state index contributed by atoms with van der Waals surface area (Å²) in [6, 6.07) is 0. The lowest BCUT2D eigenvalue weighted by molar-refractivity contribution is 1.12. The summed E-state index contributed by atoms with van der Waals surface area (Å²) in [5.74, 6) is 0. The lowest BCUT2D eigenvalue weighted by atomic mass is 9.90. The van der Waals surface area contributed by atoms with Crippen LogP contribution >= 0.6 is 31.9 Å². The Bertz CT molecular complexity index is 323. The van der Waals surface area contributed by atoms with E-state index in [0.717, 1.165) is 10.7 Å². The van der Waals surface area contributed by atoms with E-state index in [0.29, 0.717) is 0 Å². The summed E-state index contributed by atoms with van der Waals surface area (Å²) in [5, 5.41) is 1.90. The van der Waals surface area contributed by atoms with Crippen LogP contribution in [0.5, 0.6) is 0 Å². The number of halogens is 2. The third kappa shape index (κ3) is 1.92. The van der Waals surface area contributed by atoms with Crippen LogP contribution in [0.25, 0.3) is 0 Å². The largest absolute Gasteiger partial charge is 0.0876 e. The molecule has 78 valence electrons. The van der Waals surface area contributed by atoms with Crippen LogP contribution < -0.4 is 0 Å². The van der Waals surface area contributed by atoms with Gasteiger partial charge in [0.15, 0.2) is 0 Å². The fraction of sp³-hybridized carbons (Fsp3) is 0.500. The number of benzene rings is 1. The number of rotatable bonds is 2. The van der Waals surface area contributed by atoms with E-state index >= 15 is 0 Å². The summed E-state index contributed by atoms with van der Waals surface area (Å²) >= 11 is 7.13. The fourth-order valence-electron chi connectivity index (χ4n) is 1.88. The van der Waals surface area contributed by atoms with Crippen molar-refractivity contribution in [2.24, 2.45) is 0 Å². The molecule has 0 aliphatic heterocycles. The Morgan fingerprint density at radius 2 is 1.00 bits per heavy atom. The molecule has 0 unspecified atom stereocenters. The monoisotopic (exact) mass is 318 g/mol. The summed E-state index contributed by atoms with van der Waals surface area (Å²) in [6.07, 6.45) is 0. The van der Waals surface area contributed by atoms with Gasteiger partial charge in [0.25, 0.3) is 0 Å². The summed E-state index contributed by atoms with van der Waals surface area (Å²) in [4.78, 5) is 0. The molecule has 0 aliphatic carbocycles. The van der Waals surface area contributed by atoms with Gasteiger partial charge in [0.2, 0.25) is 0 Å². The fourth-order valence-corrected chi connectivity index (χ4v) is 3.56. The lowest BCUT2D eigenvalue weighted by Gasteiger charge is -2.18. The highest BCUT2D eigenvalue weighted by Gasteiger charge is 2.12. The second-order valence-corrected chi connectivity index (χ2v) is 4.85. The van der Waals surface area contributed by atoms with Crippen LogP contribution in [0.1, 0.15) is 33.4 Å². The van der Waals surface area contributed by atoms with E-state index in [9.17, 15) is 0 Å². The molecule has 0 bridgehead atoms. The predicted octanol–water partition coefficient (Wildman–Crippen LogP) is 4.71. The Hall–Kier alpha value is 0.180. The first-order valence-corrected chi connectivity index (χ1v) is 6.98. The Morgan fingerprint density at radius 1 is 0.643 bits per heavy atom. The van der Waals surface area contributed by atoms with Crippen molar-refractivity contribution in [2.75, 3.05) is 0 Å². The van der Waals surface area contributed by atoms with Gasteiger partial charge in [0.05, 0.1) is 0 Å². The molecule has 0 radical (unpaired) electrons. The van der Waals surface area contributed by atoms with Gasteiger partial charge in [-0.05, 0) is 61.1 Å². The zero-order valence-corrected chi connectivity index (χ0v) is 12.3. The zero-order valence-electron chi connectivity index (χ0n) is 9.17. The van der Waals surface area contributed by atoms with Crippen molar-refractivity contribution in [1.29, 1.82) is 0 Å². The van der Waals surface area contributed by atoms with Crippen LogP contribution in [0.3, 0.4) is 0 Å². The minimum Gasteiger partial charge on any atom is -0.0876 e. The van der Waals surface area contributed by atoms with Crippen LogP contribution in [0.2, 0.25) is 0 Å². The summed E-state index contributed by atoms with van der Waals surface area (Å²) < 4.78 is 0. The Kier molecular flexibility index (Phi) is 4.20. The molecule has 0 N–H and O–H groups in total. The van der Waals surface area contributed by atoms with Gasteiger partial charge in [-0.25, -0.2) is 0 Å². The first kappa shape index (κ1) is 12.3. The Morgan fingerprint density at radius 3 is 1.29 bits per heavy atom. The van der Waals surface area contributed by atoms with Crippen LogP contribution in [0, 0.1) is 27.7 Å². The van der Waals surface area contributed by atoms with Gasteiger partial charge in [-0.1, -0.05) is 31.9 Å². The van der Waals surface area contributed by atoms with Crippen molar-refractivity contribution >= 4 is 31.9 Å². The molecule has 0 aliphatic rings. The van der Waals surface area contributed by atoms with Crippen LogP contribution in [-0.4, -0.2) is 0 Å². The van der Waals surface area contributed by atoms with Crippen LogP contribution in [0.15, 0.2) is 0 Å². The highest BCUT2D eigenvalue weighted by molar-refractivity contribution is 9.08. The molecule has 0 atom stereocenters. The van der Waals surface area contributed by atoms with E-state index in [1.807, 2.05) is 0 Å². The molecule has 14 heavy (non-hydrogen) atoms. The molecule has 0 nitrogen and oxygen atoms in total. The number of alkyl halides is 2. The van der Waals surface area contributed by atoms with E-state index in [1.165, 1.54) is 33.4 Å². The molecule has 0 amide bonds. The molecular weight excluding hydrogens is 304 g/mol. The van der Waals surface area contributed by atoms with Crippen molar-refractivity contribution < 1.29 is 0 Å². The molecule has 0 saturated carbocycles. The Balaban J connectivity index is 3.56. The van der Waals surface area contributed by atoms with E-state index < -0.39 is 0 Å². The van der Waals surface area contributed by atoms with Gasteiger partial charge in [0.1, 0.15) is 0 Å². The van der Waals surface area contributed by atoms with Gasteiger partial charge in [-0.3, -0.25) is 0 Å². The van der Waals surface area contributed by atoms with E-state index in [4.69, 9.17) is 0 Å². The topological polar surface area (TPSA) is 0 Å². The van der Waals surface area contributed by atoms with Gasteiger partial charge in [0, 0.05) is 10.7 Å². The van der Waals surface area contributed by atoms with Crippen molar-refractivity contribution in [3.8, 4) is 0 Å². The summed E-state index contributed by atoms with van der Waals surface area (Å²) in [5.41, 5.74) is 8.62. The first-order chi connectivity index (χ1) is 6.54. The molecule has 2 heteroatoms. The first-order valence-electron chi connectivity index (χ1n) is 4.74. The Labute approximate surface area is 103 Å². The maximum absolute atomic E-state index is 3.57. The molecule has 0 saturated heterocycles. The third-order valence-electron chi connectivity index (χ3n) is 3.20.